The summed E-state index contributed by atoms with van der Waals surface area (Å²) in [6, 6.07) is 21.6. The number of carbonyl (C=O) groups excluding carboxylic acids is 2. The molecule has 1 heterocycles. The summed E-state index contributed by atoms with van der Waals surface area (Å²) in [6.45, 7) is 11.6. The molecule has 0 spiro atoms. The van der Waals surface area contributed by atoms with E-state index in [0.29, 0.717) is 23.5 Å². The standard InChI is InChI=1S/C34H37NO4/c1-7-8-9-24-10-12-25(13-11-24)14-15-26-16-18-27(19-17-26)23-35(32(37)33(2,3)4)28-20-21-30-29(22-28)31(36)39-34(5,6)38-30/h10-13,16-22H,7-9,23H2,1-6H3. The van der Waals surface area contributed by atoms with E-state index >= 15 is 0 Å². The topological polar surface area (TPSA) is 55.8 Å². The molecule has 3 aromatic rings. The van der Waals surface area contributed by atoms with Gasteiger partial charge in [-0.1, -0.05) is 70.2 Å². The lowest BCUT2D eigenvalue weighted by Gasteiger charge is -2.33. The fraction of sp³-hybridized carbons (Fsp3) is 0.353. The van der Waals surface area contributed by atoms with Crippen LogP contribution in [-0.4, -0.2) is 17.7 Å². The van der Waals surface area contributed by atoms with Gasteiger partial charge in [-0.2, -0.15) is 0 Å². The molecule has 5 nitrogen and oxygen atoms in total. The molecule has 0 aliphatic carbocycles. The molecule has 1 amide bonds. The Balaban J connectivity index is 1.54. The zero-order valence-corrected chi connectivity index (χ0v) is 23.8. The van der Waals surface area contributed by atoms with Crippen LogP contribution in [0.2, 0.25) is 0 Å². The lowest BCUT2D eigenvalue weighted by Crippen LogP contribution is -2.40. The molecule has 39 heavy (non-hydrogen) atoms. The fourth-order valence-corrected chi connectivity index (χ4v) is 4.34. The lowest BCUT2D eigenvalue weighted by atomic mass is 9.93. The number of amides is 1. The molecule has 0 bridgehead atoms. The van der Waals surface area contributed by atoms with Crippen molar-refractivity contribution in [1.82, 2.24) is 0 Å². The maximum absolute atomic E-state index is 13.5. The predicted octanol–water partition coefficient (Wildman–Crippen LogP) is 7.29. The van der Waals surface area contributed by atoms with Gasteiger partial charge in [-0.05, 0) is 66.4 Å². The maximum Gasteiger partial charge on any atom is 0.345 e. The number of aryl methyl sites for hydroxylation is 1. The summed E-state index contributed by atoms with van der Waals surface area (Å²) in [6.07, 6.45) is 3.49. The average Bonchev–Trinajstić information content (AvgIpc) is 2.89. The van der Waals surface area contributed by atoms with E-state index in [1.807, 2.05) is 51.1 Å². The zero-order valence-electron chi connectivity index (χ0n) is 23.8. The van der Waals surface area contributed by atoms with Gasteiger partial charge in [0.2, 0.25) is 11.7 Å². The second-order valence-electron chi connectivity index (χ2n) is 11.5. The van der Waals surface area contributed by atoms with Crippen molar-refractivity contribution in [2.45, 2.75) is 73.1 Å². The molecule has 0 N–H and O–H groups in total. The number of rotatable bonds is 6. The Morgan fingerprint density at radius 1 is 0.872 bits per heavy atom. The van der Waals surface area contributed by atoms with Crippen LogP contribution in [0.15, 0.2) is 66.7 Å². The number of hydrogen-bond acceptors (Lipinski definition) is 4. The fourth-order valence-electron chi connectivity index (χ4n) is 4.34. The van der Waals surface area contributed by atoms with Gasteiger partial charge in [-0.3, -0.25) is 4.79 Å². The first-order valence-electron chi connectivity index (χ1n) is 13.5. The number of anilines is 1. The number of carbonyl (C=O) groups is 2. The van der Waals surface area contributed by atoms with Crippen molar-refractivity contribution in [2.24, 2.45) is 5.41 Å². The van der Waals surface area contributed by atoms with Crippen LogP contribution in [0.25, 0.3) is 0 Å². The normalized spacial score (nSPS) is 13.8. The van der Waals surface area contributed by atoms with Gasteiger partial charge < -0.3 is 14.4 Å². The number of ether oxygens (including phenoxy) is 2. The number of hydrogen-bond donors (Lipinski definition) is 0. The maximum atomic E-state index is 13.5. The Kier molecular flexibility index (Phi) is 8.16. The summed E-state index contributed by atoms with van der Waals surface area (Å²) in [5, 5.41) is 0. The molecule has 0 atom stereocenters. The smallest absolute Gasteiger partial charge is 0.345 e. The molecule has 0 saturated carbocycles. The molecule has 5 heteroatoms. The van der Waals surface area contributed by atoms with E-state index in [4.69, 9.17) is 9.47 Å². The minimum atomic E-state index is -1.03. The molecule has 0 aromatic heterocycles. The molecule has 0 saturated heterocycles. The number of unbranched alkanes of at least 4 members (excludes halogenated alkanes) is 1. The highest BCUT2D eigenvalue weighted by Gasteiger charge is 2.35. The molecule has 1 aliphatic heterocycles. The zero-order chi connectivity index (χ0) is 28.2. The Labute approximate surface area is 232 Å². The van der Waals surface area contributed by atoms with Crippen LogP contribution in [0.1, 0.15) is 87.0 Å². The number of nitrogens with zero attached hydrogens (tertiary/aromatic N) is 1. The first kappa shape index (κ1) is 28.0. The second kappa shape index (κ2) is 11.4. The number of cyclic esters (lactones) is 1. The van der Waals surface area contributed by atoms with Crippen LogP contribution in [0.4, 0.5) is 5.69 Å². The van der Waals surface area contributed by atoms with Gasteiger partial charge in [0.25, 0.3) is 0 Å². The Morgan fingerprint density at radius 3 is 2.03 bits per heavy atom. The van der Waals surface area contributed by atoms with E-state index < -0.39 is 17.2 Å². The van der Waals surface area contributed by atoms with E-state index in [1.165, 1.54) is 18.4 Å². The summed E-state index contributed by atoms with van der Waals surface area (Å²) in [4.78, 5) is 27.8. The molecular weight excluding hydrogens is 486 g/mol. The first-order valence-corrected chi connectivity index (χ1v) is 13.5. The molecule has 0 fully saturated rings. The van der Waals surface area contributed by atoms with Crippen LogP contribution >= 0.6 is 0 Å². The molecule has 3 aromatic carbocycles. The minimum Gasteiger partial charge on any atom is -0.452 e. The summed E-state index contributed by atoms with van der Waals surface area (Å²) in [5.41, 5.74) is 4.48. The van der Waals surface area contributed by atoms with Crippen molar-refractivity contribution in [3.8, 4) is 17.6 Å². The highest BCUT2D eigenvalue weighted by Crippen LogP contribution is 2.35. The van der Waals surface area contributed by atoms with Crippen molar-refractivity contribution >= 4 is 17.6 Å². The Bertz CT molecular complexity index is 1400. The van der Waals surface area contributed by atoms with E-state index in [9.17, 15) is 9.59 Å². The van der Waals surface area contributed by atoms with E-state index in [-0.39, 0.29) is 5.91 Å². The van der Waals surface area contributed by atoms with Crippen molar-refractivity contribution < 1.29 is 19.1 Å². The van der Waals surface area contributed by atoms with Gasteiger partial charge >= 0.3 is 5.97 Å². The first-order chi connectivity index (χ1) is 18.4. The van der Waals surface area contributed by atoms with Gasteiger partial charge in [0.15, 0.2) is 0 Å². The van der Waals surface area contributed by atoms with Gasteiger partial charge in [0, 0.05) is 36.1 Å². The van der Waals surface area contributed by atoms with Gasteiger partial charge in [0.1, 0.15) is 11.3 Å². The van der Waals surface area contributed by atoms with Crippen LogP contribution in [0, 0.1) is 17.3 Å². The third-order valence-electron chi connectivity index (χ3n) is 6.49. The Hall–Kier alpha value is -4.04. The van der Waals surface area contributed by atoms with Crippen molar-refractivity contribution in [3.63, 3.8) is 0 Å². The van der Waals surface area contributed by atoms with Crippen molar-refractivity contribution in [2.75, 3.05) is 4.90 Å². The summed E-state index contributed by atoms with van der Waals surface area (Å²) >= 11 is 0. The molecule has 1 aliphatic rings. The van der Waals surface area contributed by atoms with Crippen LogP contribution < -0.4 is 9.64 Å². The van der Waals surface area contributed by atoms with Gasteiger partial charge in [-0.25, -0.2) is 4.79 Å². The van der Waals surface area contributed by atoms with Gasteiger partial charge in [-0.15, -0.1) is 0 Å². The molecule has 0 unspecified atom stereocenters. The highest BCUT2D eigenvalue weighted by molar-refractivity contribution is 6.00. The summed E-state index contributed by atoms with van der Waals surface area (Å²) in [7, 11) is 0. The van der Waals surface area contributed by atoms with Crippen LogP contribution in [-0.2, 0) is 22.5 Å². The van der Waals surface area contributed by atoms with E-state index in [0.717, 1.165) is 23.1 Å². The average molecular weight is 524 g/mol. The van der Waals surface area contributed by atoms with Crippen molar-refractivity contribution in [3.05, 3.63) is 94.5 Å². The summed E-state index contributed by atoms with van der Waals surface area (Å²) in [5.74, 6) is 5.36. The highest BCUT2D eigenvalue weighted by atomic mass is 16.7. The lowest BCUT2D eigenvalue weighted by molar-refractivity contribution is -0.128. The Morgan fingerprint density at radius 2 is 1.46 bits per heavy atom. The minimum absolute atomic E-state index is 0.0564. The largest absolute Gasteiger partial charge is 0.452 e. The predicted molar refractivity (Wildman–Crippen MR) is 155 cm³/mol. The van der Waals surface area contributed by atoms with Crippen LogP contribution in [0.3, 0.4) is 0 Å². The number of esters is 1. The van der Waals surface area contributed by atoms with Gasteiger partial charge in [0.05, 0.1) is 6.54 Å². The van der Waals surface area contributed by atoms with Crippen molar-refractivity contribution in [1.29, 1.82) is 0 Å². The second-order valence-corrected chi connectivity index (χ2v) is 11.5. The van der Waals surface area contributed by atoms with Crippen LogP contribution in [0.5, 0.6) is 5.75 Å². The molecule has 0 radical (unpaired) electrons. The SMILES string of the molecule is CCCCc1ccc(C#Cc2ccc(CN(C(=O)C(C)(C)C)c3ccc4c(c3)C(=O)OC(C)(C)O4)cc2)cc1. The molecule has 202 valence electrons. The molecule has 4 rings (SSSR count). The number of fused-ring (bicyclic) bond motifs is 1. The third kappa shape index (κ3) is 7.09. The monoisotopic (exact) mass is 523 g/mol. The van der Waals surface area contributed by atoms with E-state index in [1.54, 1.807) is 30.9 Å². The number of benzene rings is 3. The summed E-state index contributed by atoms with van der Waals surface area (Å²) < 4.78 is 11.2. The quantitative estimate of drug-likeness (QED) is 0.251. The third-order valence-corrected chi connectivity index (χ3v) is 6.49. The van der Waals surface area contributed by atoms with E-state index in [2.05, 4.69) is 43.0 Å². The molecular formula is C34H37NO4.